The van der Waals surface area contributed by atoms with Gasteiger partial charge in [-0.2, -0.15) is 0 Å². The Morgan fingerprint density at radius 3 is 1.62 bits per heavy atom. The summed E-state index contributed by atoms with van der Waals surface area (Å²) < 4.78 is 0. The molecule has 1 aromatic carbocycles. The summed E-state index contributed by atoms with van der Waals surface area (Å²) in [6.45, 7) is 4.73. The molecule has 3 rings (SSSR count). The SMILES string of the molecule is CC1c2ccccc2C(C)C2C=CC=CC12. The summed E-state index contributed by atoms with van der Waals surface area (Å²) >= 11 is 0. The molecule has 0 saturated carbocycles. The molecule has 0 aliphatic heterocycles. The summed E-state index contributed by atoms with van der Waals surface area (Å²) in [7, 11) is 0. The molecular weight excluding hydrogens is 192 g/mol. The lowest BCUT2D eigenvalue weighted by Crippen LogP contribution is -2.29. The average Bonchev–Trinajstić information content (AvgIpc) is 2.36. The fraction of sp³-hybridized carbons (Fsp3) is 0.375. The van der Waals surface area contributed by atoms with Crippen LogP contribution in [0.25, 0.3) is 0 Å². The van der Waals surface area contributed by atoms with Crippen molar-refractivity contribution in [3.05, 3.63) is 59.7 Å². The standard InChI is InChI=1S/C16H18/c1-11-13-7-3-5-9-15(13)12(2)16-10-6-4-8-14(11)16/h3-13,15H,1-2H3. The van der Waals surface area contributed by atoms with E-state index in [1.54, 1.807) is 11.1 Å². The van der Waals surface area contributed by atoms with Crippen molar-refractivity contribution in [2.24, 2.45) is 11.8 Å². The van der Waals surface area contributed by atoms with E-state index in [2.05, 4.69) is 62.4 Å². The summed E-state index contributed by atoms with van der Waals surface area (Å²) in [5.41, 5.74) is 3.10. The van der Waals surface area contributed by atoms with Gasteiger partial charge in [0.05, 0.1) is 0 Å². The third-order valence-corrected chi connectivity index (χ3v) is 4.35. The lowest BCUT2D eigenvalue weighted by molar-refractivity contribution is 0.335. The monoisotopic (exact) mass is 210 g/mol. The van der Waals surface area contributed by atoms with Gasteiger partial charge in [0.25, 0.3) is 0 Å². The second-order valence-electron chi connectivity index (χ2n) is 5.13. The van der Waals surface area contributed by atoms with Gasteiger partial charge in [-0.25, -0.2) is 0 Å². The molecule has 4 atom stereocenters. The van der Waals surface area contributed by atoms with E-state index in [0.29, 0.717) is 23.7 Å². The van der Waals surface area contributed by atoms with Crippen molar-refractivity contribution in [2.75, 3.05) is 0 Å². The molecule has 2 aliphatic rings. The van der Waals surface area contributed by atoms with Gasteiger partial charge in [-0.3, -0.25) is 0 Å². The van der Waals surface area contributed by atoms with E-state index in [4.69, 9.17) is 0 Å². The number of hydrogen-bond acceptors (Lipinski definition) is 0. The maximum absolute atomic E-state index is 2.39. The first-order valence-corrected chi connectivity index (χ1v) is 6.23. The van der Waals surface area contributed by atoms with Crippen LogP contribution in [-0.2, 0) is 0 Å². The number of rotatable bonds is 0. The average molecular weight is 210 g/mol. The maximum Gasteiger partial charge on any atom is -0.00952 e. The van der Waals surface area contributed by atoms with Crippen LogP contribution in [0.3, 0.4) is 0 Å². The number of benzene rings is 1. The van der Waals surface area contributed by atoms with Gasteiger partial charge < -0.3 is 0 Å². The zero-order valence-corrected chi connectivity index (χ0v) is 9.93. The second kappa shape index (κ2) is 3.62. The number of allylic oxidation sites excluding steroid dienone is 4. The first-order valence-electron chi connectivity index (χ1n) is 6.23. The Labute approximate surface area is 97.7 Å². The first kappa shape index (κ1) is 9.89. The van der Waals surface area contributed by atoms with Gasteiger partial charge >= 0.3 is 0 Å². The van der Waals surface area contributed by atoms with Gasteiger partial charge in [-0.15, -0.1) is 0 Å². The highest BCUT2D eigenvalue weighted by molar-refractivity contribution is 5.40. The molecule has 4 unspecified atom stereocenters. The van der Waals surface area contributed by atoms with Crippen molar-refractivity contribution < 1.29 is 0 Å². The summed E-state index contributed by atoms with van der Waals surface area (Å²) in [6.07, 6.45) is 9.19. The van der Waals surface area contributed by atoms with Crippen LogP contribution in [0.1, 0.15) is 36.8 Å². The Hall–Kier alpha value is -1.30. The minimum atomic E-state index is 0.651. The molecule has 0 nitrogen and oxygen atoms in total. The van der Waals surface area contributed by atoms with Crippen molar-refractivity contribution in [2.45, 2.75) is 25.7 Å². The zero-order valence-electron chi connectivity index (χ0n) is 9.93. The van der Waals surface area contributed by atoms with Crippen LogP contribution < -0.4 is 0 Å². The van der Waals surface area contributed by atoms with Crippen molar-refractivity contribution in [1.29, 1.82) is 0 Å². The minimum absolute atomic E-state index is 0.651. The summed E-state index contributed by atoms with van der Waals surface area (Å²) in [6, 6.07) is 8.95. The van der Waals surface area contributed by atoms with Crippen LogP contribution in [0.4, 0.5) is 0 Å². The van der Waals surface area contributed by atoms with Gasteiger partial charge in [0.1, 0.15) is 0 Å². The molecule has 0 saturated heterocycles. The van der Waals surface area contributed by atoms with Crippen LogP contribution >= 0.6 is 0 Å². The lowest BCUT2D eigenvalue weighted by atomic mass is 9.64. The molecule has 16 heavy (non-hydrogen) atoms. The second-order valence-corrected chi connectivity index (χ2v) is 5.13. The third kappa shape index (κ3) is 1.29. The van der Waals surface area contributed by atoms with Crippen LogP contribution in [0.2, 0.25) is 0 Å². The Morgan fingerprint density at radius 1 is 0.750 bits per heavy atom. The van der Waals surface area contributed by atoms with Gasteiger partial charge in [-0.1, -0.05) is 62.4 Å². The molecule has 0 spiro atoms. The molecule has 0 N–H and O–H groups in total. The van der Waals surface area contributed by atoms with Crippen LogP contribution in [-0.4, -0.2) is 0 Å². The van der Waals surface area contributed by atoms with Crippen LogP contribution in [0.5, 0.6) is 0 Å². The predicted octanol–water partition coefficient (Wildman–Crippen LogP) is 4.27. The highest BCUT2D eigenvalue weighted by Gasteiger charge is 2.36. The quantitative estimate of drug-likeness (QED) is 0.600. The van der Waals surface area contributed by atoms with Crippen molar-refractivity contribution in [1.82, 2.24) is 0 Å². The Bertz CT molecular complexity index is 410. The fourth-order valence-corrected chi connectivity index (χ4v) is 3.40. The first-order chi connectivity index (χ1) is 7.79. The van der Waals surface area contributed by atoms with E-state index in [1.807, 2.05) is 0 Å². The summed E-state index contributed by atoms with van der Waals surface area (Å²) in [5.74, 6) is 2.68. The van der Waals surface area contributed by atoms with Crippen LogP contribution in [0, 0.1) is 11.8 Å². The lowest BCUT2D eigenvalue weighted by Gasteiger charge is -2.40. The molecule has 0 amide bonds. The molecule has 0 heteroatoms. The molecule has 82 valence electrons. The molecule has 1 aromatic rings. The molecular formula is C16H18. The largest absolute Gasteiger partial charge is 0.0802 e. The molecule has 0 heterocycles. The summed E-state index contributed by atoms with van der Waals surface area (Å²) in [5, 5.41) is 0. The fourth-order valence-electron chi connectivity index (χ4n) is 3.40. The molecule has 0 bridgehead atoms. The number of hydrogen-bond donors (Lipinski definition) is 0. The Morgan fingerprint density at radius 2 is 1.19 bits per heavy atom. The normalized spacial score (nSPS) is 35.6. The van der Waals surface area contributed by atoms with E-state index in [-0.39, 0.29) is 0 Å². The topological polar surface area (TPSA) is 0 Å². The van der Waals surface area contributed by atoms with Crippen molar-refractivity contribution >= 4 is 0 Å². The van der Waals surface area contributed by atoms with E-state index >= 15 is 0 Å². The minimum Gasteiger partial charge on any atom is -0.0802 e. The molecule has 0 aromatic heterocycles. The maximum atomic E-state index is 2.39. The van der Waals surface area contributed by atoms with Gasteiger partial charge in [0.15, 0.2) is 0 Å². The zero-order chi connectivity index (χ0) is 11.1. The van der Waals surface area contributed by atoms with E-state index in [1.165, 1.54) is 0 Å². The van der Waals surface area contributed by atoms with Crippen LogP contribution in [0.15, 0.2) is 48.6 Å². The van der Waals surface area contributed by atoms with E-state index in [0.717, 1.165) is 0 Å². The summed E-state index contributed by atoms with van der Waals surface area (Å²) in [4.78, 5) is 0. The molecule has 0 fully saturated rings. The van der Waals surface area contributed by atoms with E-state index < -0.39 is 0 Å². The van der Waals surface area contributed by atoms with Gasteiger partial charge in [0.2, 0.25) is 0 Å². The van der Waals surface area contributed by atoms with Gasteiger partial charge in [-0.05, 0) is 34.8 Å². The van der Waals surface area contributed by atoms with Crippen molar-refractivity contribution in [3.63, 3.8) is 0 Å². The van der Waals surface area contributed by atoms with Gasteiger partial charge in [0, 0.05) is 0 Å². The van der Waals surface area contributed by atoms with Crippen molar-refractivity contribution in [3.8, 4) is 0 Å². The molecule has 0 radical (unpaired) electrons. The predicted molar refractivity (Wildman–Crippen MR) is 68.5 cm³/mol. The third-order valence-electron chi connectivity index (χ3n) is 4.35. The smallest absolute Gasteiger partial charge is 0.00952 e. The number of fused-ring (bicyclic) bond motifs is 2. The highest BCUT2D eigenvalue weighted by atomic mass is 14.4. The molecule has 2 aliphatic carbocycles. The van der Waals surface area contributed by atoms with E-state index in [9.17, 15) is 0 Å². The Balaban J connectivity index is 2.13. The highest BCUT2D eigenvalue weighted by Crippen LogP contribution is 2.48. The Kier molecular flexibility index (Phi) is 2.24.